The quantitative estimate of drug-likeness (QED) is 0.832. The van der Waals surface area contributed by atoms with Gasteiger partial charge in [0.05, 0.1) is 0 Å². The van der Waals surface area contributed by atoms with Crippen LogP contribution in [-0.4, -0.2) is 35.1 Å². The van der Waals surface area contributed by atoms with Gasteiger partial charge < -0.3 is 15.3 Å². The van der Waals surface area contributed by atoms with Crippen molar-refractivity contribution >= 4 is 12.0 Å². The predicted molar refractivity (Wildman–Crippen MR) is 66.6 cm³/mol. The van der Waals surface area contributed by atoms with Crippen LogP contribution < -0.4 is 5.32 Å². The molecule has 1 aromatic rings. The maximum Gasteiger partial charge on any atom is 0.407 e. The Kier molecular flexibility index (Phi) is 3.50. The molecule has 2 rings (SSSR count). The van der Waals surface area contributed by atoms with Gasteiger partial charge in [0.1, 0.15) is 0 Å². The molecule has 96 valence electrons. The molecule has 1 heterocycles. The van der Waals surface area contributed by atoms with Gasteiger partial charge in [-0.05, 0) is 36.6 Å². The molecular formula is C13H16N2O3. The Morgan fingerprint density at radius 1 is 1.39 bits per heavy atom. The van der Waals surface area contributed by atoms with E-state index in [-0.39, 0.29) is 5.91 Å². The zero-order chi connectivity index (χ0) is 13.1. The van der Waals surface area contributed by atoms with Crippen molar-refractivity contribution in [3.8, 4) is 0 Å². The van der Waals surface area contributed by atoms with Gasteiger partial charge in [-0.15, -0.1) is 0 Å². The van der Waals surface area contributed by atoms with Crippen LogP contribution in [0.5, 0.6) is 0 Å². The molecule has 0 bridgehead atoms. The van der Waals surface area contributed by atoms with Gasteiger partial charge in [0.2, 0.25) is 0 Å². The molecule has 0 radical (unpaired) electrons. The third kappa shape index (κ3) is 2.45. The van der Waals surface area contributed by atoms with Gasteiger partial charge >= 0.3 is 6.09 Å². The summed E-state index contributed by atoms with van der Waals surface area (Å²) in [5.74, 6) is -0.0824. The van der Waals surface area contributed by atoms with Crippen molar-refractivity contribution in [3.05, 3.63) is 34.9 Å². The van der Waals surface area contributed by atoms with Crippen LogP contribution in [0.3, 0.4) is 0 Å². The number of nitrogens with one attached hydrogen (secondary N) is 1. The van der Waals surface area contributed by atoms with Gasteiger partial charge in [-0.3, -0.25) is 4.79 Å². The van der Waals surface area contributed by atoms with Gasteiger partial charge in [-0.25, -0.2) is 4.79 Å². The van der Waals surface area contributed by atoms with Crippen molar-refractivity contribution < 1.29 is 14.7 Å². The predicted octanol–water partition coefficient (Wildman–Crippen LogP) is 1.47. The van der Waals surface area contributed by atoms with Crippen LogP contribution in [0.4, 0.5) is 4.79 Å². The first-order valence-electron chi connectivity index (χ1n) is 5.99. The van der Waals surface area contributed by atoms with Crippen LogP contribution in [0.2, 0.25) is 0 Å². The fourth-order valence-corrected chi connectivity index (χ4v) is 2.12. The van der Waals surface area contributed by atoms with Crippen molar-refractivity contribution in [1.82, 2.24) is 10.2 Å². The second-order valence-corrected chi connectivity index (χ2v) is 4.30. The largest absolute Gasteiger partial charge is 0.465 e. The molecule has 0 aliphatic carbocycles. The van der Waals surface area contributed by atoms with Gasteiger partial charge in [-0.1, -0.05) is 6.07 Å². The van der Waals surface area contributed by atoms with Crippen LogP contribution in [0.1, 0.15) is 28.4 Å². The smallest absolute Gasteiger partial charge is 0.407 e. The third-order valence-corrected chi connectivity index (χ3v) is 3.09. The zero-order valence-electron chi connectivity index (χ0n) is 10.3. The number of carboxylic acid groups (broad SMARTS) is 1. The second-order valence-electron chi connectivity index (χ2n) is 4.30. The molecule has 2 N–H and O–H groups in total. The Bertz CT molecular complexity index is 485. The molecule has 5 nitrogen and oxygen atoms in total. The minimum atomic E-state index is -0.895. The van der Waals surface area contributed by atoms with Crippen molar-refractivity contribution in [3.63, 3.8) is 0 Å². The van der Waals surface area contributed by atoms with E-state index in [0.717, 1.165) is 11.1 Å². The highest BCUT2D eigenvalue weighted by molar-refractivity contribution is 5.94. The van der Waals surface area contributed by atoms with Crippen LogP contribution in [0.15, 0.2) is 18.2 Å². The molecule has 0 saturated carbocycles. The first-order chi connectivity index (χ1) is 8.61. The number of carbonyl (C=O) groups is 2. The lowest BCUT2D eigenvalue weighted by atomic mass is 9.97. The van der Waals surface area contributed by atoms with Crippen molar-refractivity contribution in [2.75, 3.05) is 13.1 Å². The van der Waals surface area contributed by atoms with Gasteiger partial charge in [0, 0.05) is 25.2 Å². The minimum Gasteiger partial charge on any atom is -0.465 e. The summed E-state index contributed by atoms with van der Waals surface area (Å²) in [6, 6.07) is 5.45. The molecule has 0 atom stereocenters. The second kappa shape index (κ2) is 5.08. The molecule has 0 unspecified atom stereocenters. The Hall–Kier alpha value is -2.04. The first-order valence-corrected chi connectivity index (χ1v) is 5.99. The monoisotopic (exact) mass is 248 g/mol. The standard InChI is InChI=1S/C13H16N2O3/c1-2-14-12(16)10-3-4-11-8-15(13(17)18)6-5-9(11)7-10/h3-4,7H,2,5-6,8H2,1H3,(H,14,16)(H,17,18). The van der Waals surface area contributed by atoms with Crippen LogP contribution >= 0.6 is 0 Å². The molecule has 1 aromatic carbocycles. The summed E-state index contributed by atoms with van der Waals surface area (Å²) in [5.41, 5.74) is 2.69. The summed E-state index contributed by atoms with van der Waals surface area (Å²) in [6.07, 6.45) is -0.233. The van der Waals surface area contributed by atoms with E-state index in [0.29, 0.717) is 31.6 Å². The van der Waals surface area contributed by atoms with E-state index in [1.54, 1.807) is 6.07 Å². The molecule has 0 spiro atoms. The van der Waals surface area contributed by atoms with E-state index in [1.165, 1.54) is 4.90 Å². The van der Waals surface area contributed by atoms with Gasteiger partial charge in [-0.2, -0.15) is 0 Å². The average Bonchev–Trinajstić information content (AvgIpc) is 2.37. The Morgan fingerprint density at radius 3 is 2.83 bits per heavy atom. The lowest BCUT2D eigenvalue weighted by molar-refractivity contribution is 0.0955. The van der Waals surface area contributed by atoms with Gasteiger partial charge in [0.15, 0.2) is 0 Å². The normalized spacial score (nSPS) is 13.9. The number of hydrogen-bond acceptors (Lipinski definition) is 2. The molecule has 0 aromatic heterocycles. The lowest BCUT2D eigenvalue weighted by Crippen LogP contribution is -2.35. The molecule has 18 heavy (non-hydrogen) atoms. The third-order valence-electron chi connectivity index (χ3n) is 3.09. The summed E-state index contributed by atoms with van der Waals surface area (Å²) in [6.45, 7) is 3.37. The fraction of sp³-hybridized carbons (Fsp3) is 0.385. The molecule has 5 heteroatoms. The Balaban J connectivity index is 2.20. The van der Waals surface area contributed by atoms with Crippen molar-refractivity contribution in [1.29, 1.82) is 0 Å². The number of amides is 2. The van der Waals surface area contributed by atoms with Crippen molar-refractivity contribution in [2.24, 2.45) is 0 Å². The van der Waals surface area contributed by atoms with E-state index in [1.807, 2.05) is 19.1 Å². The van der Waals surface area contributed by atoms with Crippen molar-refractivity contribution in [2.45, 2.75) is 19.9 Å². The maximum absolute atomic E-state index is 11.7. The highest BCUT2D eigenvalue weighted by atomic mass is 16.4. The van der Waals surface area contributed by atoms with Crippen LogP contribution in [0, 0.1) is 0 Å². The van der Waals surface area contributed by atoms with E-state index in [9.17, 15) is 9.59 Å². The topological polar surface area (TPSA) is 69.6 Å². The minimum absolute atomic E-state index is 0.0824. The van der Waals surface area contributed by atoms with Crippen LogP contribution in [-0.2, 0) is 13.0 Å². The highest BCUT2D eigenvalue weighted by Gasteiger charge is 2.20. The number of carbonyl (C=O) groups excluding carboxylic acids is 1. The lowest BCUT2D eigenvalue weighted by Gasteiger charge is -2.26. The number of hydrogen-bond donors (Lipinski definition) is 2. The van der Waals surface area contributed by atoms with E-state index >= 15 is 0 Å². The SMILES string of the molecule is CCNC(=O)c1ccc2c(c1)CCN(C(=O)O)C2. The van der Waals surface area contributed by atoms with E-state index < -0.39 is 6.09 Å². The summed E-state index contributed by atoms with van der Waals surface area (Å²) in [4.78, 5) is 24.0. The number of rotatable bonds is 2. The Morgan fingerprint density at radius 2 is 2.17 bits per heavy atom. The molecule has 0 saturated heterocycles. The molecular weight excluding hydrogens is 232 g/mol. The molecule has 2 amide bonds. The zero-order valence-corrected chi connectivity index (χ0v) is 10.3. The summed E-state index contributed by atoms with van der Waals surface area (Å²) >= 11 is 0. The summed E-state index contributed by atoms with van der Waals surface area (Å²) < 4.78 is 0. The van der Waals surface area contributed by atoms with E-state index in [2.05, 4.69) is 5.32 Å². The number of fused-ring (bicyclic) bond motifs is 1. The molecule has 1 aliphatic heterocycles. The summed E-state index contributed by atoms with van der Waals surface area (Å²) in [7, 11) is 0. The van der Waals surface area contributed by atoms with Gasteiger partial charge in [0.25, 0.3) is 5.91 Å². The summed E-state index contributed by atoms with van der Waals surface area (Å²) in [5, 5.41) is 11.7. The maximum atomic E-state index is 11.7. The molecule has 1 aliphatic rings. The highest BCUT2D eigenvalue weighted by Crippen LogP contribution is 2.20. The first kappa shape index (κ1) is 12.4. The molecule has 0 fully saturated rings. The fourth-order valence-electron chi connectivity index (χ4n) is 2.12. The number of benzene rings is 1. The number of nitrogens with zero attached hydrogens (tertiary/aromatic N) is 1. The van der Waals surface area contributed by atoms with Crippen LogP contribution in [0.25, 0.3) is 0 Å². The van der Waals surface area contributed by atoms with E-state index in [4.69, 9.17) is 5.11 Å². The average molecular weight is 248 g/mol. The Labute approximate surface area is 105 Å².